The summed E-state index contributed by atoms with van der Waals surface area (Å²) in [4.78, 5) is 24.7. The maximum absolute atomic E-state index is 12.6. The summed E-state index contributed by atoms with van der Waals surface area (Å²) in [6.45, 7) is 2.70. The first-order valence-corrected chi connectivity index (χ1v) is 8.66. The summed E-state index contributed by atoms with van der Waals surface area (Å²) < 4.78 is 7.41. The molecular formula is C18H20N4O3. The van der Waals surface area contributed by atoms with Gasteiger partial charge in [0.2, 0.25) is 0 Å². The lowest BCUT2D eigenvalue weighted by Gasteiger charge is -2.28. The van der Waals surface area contributed by atoms with Crippen molar-refractivity contribution in [3.63, 3.8) is 0 Å². The number of nitrogens with zero attached hydrogens (tertiary/aromatic N) is 3. The van der Waals surface area contributed by atoms with Crippen molar-refractivity contribution < 1.29 is 14.3 Å². The normalized spacial score (nSPS) is 21.9. The van der Waals surface area contributed by atoms with Crippen molar-refractivity contribution in [1.29, 1.82) is 0 Å². The van der Waals surface area contributed by atoms with Gasteiger partial charge in [0, 0.05) is 31.8 Å². The SMILES string of the molecule is CCc1nnc2n1C[C@@H](NC(=O)[C@H]1Cc3ccccc3C(=O)O1)CC2. The third-order valence-electron chi connectivity index (χ3n) is 4.87. The second-order valence-electron chi connectivity index (χ2n) is 6.50. The van der Waals surface area contributed by atoms with Crippen molar-refractivity contribution in [2.45, 2.75) is 51.3 Å². The maximum Gasteiger partial charge on any atom is 0.339 e. The zero-order valence-electron chi connectivity index (χ0n) is 14.1. The number of hydrogen-bond donors (Lipinski definition) is 1. The van der Waals surface area contributed by atoms with Gasteiger partial charge in [-0.25, -0.2) is 4.79 Å². The summed E-state index contributed by atoms with van der Waals surface area (Å²) in [5, 5.41) is 11.4. The molecule has 0 spiro atoms. The number of hydrogen-bond acceptors (Lipinski definition) is 5. The van der Waals surface area contributed by atoms with Crippen molar-refractivity contribution >= 4 is 11.9 Å². The van der Waals surface area contributed by atoms with Crippen LogP contribution >= 0.6 is 0 Å². The van der Waals surface area contributed by atoms with Crippen LogP contribution in [0.25, 0.3) is 0 Å². The van der Waals surface area contributed by atoms with Crippen LogP contribution < -0.4 is 5.32 Å². The van der Waals surface area contributed by atoms with Gasteiger partial charge in [-0.15, -0.1) is 10.2 Å². The number of esters is 1. The van der Waals surface area contributed by atoms with E-state index in [0.717, 1.165) is 36.5 Å². The summed E-state index contributed by atoms with van der Waals surface area (Å²) in [6.07, 6.45) is 2.05. The van der Waals surface area contributed by atoms with Crippen LogP contribution in [0.4, 0.5) is 0 Å². The second-order valence-corrected chi connectivity index (χ2v) is 6.50. The third-order valence-corrected chi connectivity index (χ3v) is 4.87. The molecule has 1 aromatic carbocycles. The molecule has 2 aliphatic rings. The van der Waals surface area contributed by atoms with E-state index in [1.807, 2.05) is 19.1 Å². The fourth-order valence-electron chi connectivity index (χ4n) is 3.53. The highest BCUT2D eigenvalue weighted by Gasteiger charge is 2.33. The lowest BCUT2D eigenvalue weighted by atomic mass is 9.98. The largest absolute Gasteiger partial charge is 0.448 e. The molecule has 2 atom stereocenters. The van der Waals surface area contributed by atoms with Crippen molar-refractivity contribution in [1.82, 2.24) is 20.1 Å². The number of carbonyl (C=O) groups excluding carboxylic acids is 2. The number of aromatic nitrogens is 3. The van der Waals surface area contributed by atoms with Crippen molar-refractivity contribution in [2.75, 3.05) is 0 Å². The minimum absolute atomic E-state index is 0.00262. The molecule has 1 N–H and O–H groups in total. The molecule has 130 valence electrons. The molecule has 3 heterocycles. The van der Waals surface area contributed by atoms with Gasteiger partial charge in [-0.2, -0.15) is 0 Å². The Morgan fingerprint density at radius 3 is 3.04 bits per heavy atom. The van der Waals surface area contributed by atoms with Crippen LogP contribution in [0.1, 0.15) is 40.9 Å². The molecule has 4 rings (SSSR count). The first-order valence-electron chi connectivity index (χ1n) is 8.66. The van der Waals surface area contributed by atoms with E-state index < -0.39 is 12.1 Å². The lowest BCUT2D eigenvalue weighted by Crippen LogP contribution is -2.48. The van der Waals surface area contributed by atoms with Crippen LogP contribution in [-0.4, -0.2) is 38.8 Å². The lowest BCUT2D eigenvalue weighted by molar-refractivity contribution is -0.131. The van der Waals surface area contributed by atoms with Crippen LogP contribution in [0.5, 0.6) is 0 Å². The molecule has 2 aliphatic heterocycles. The monoisotopic (exact) mass is 340 g/mol. The number of carbonyl (C=O) groups is 2. The van der Waals surface area contributed by atoms with Crippen molar-refractivity contribution in [2.24, 2.45) is 0 Å². The summed E-state index contributed by atoms with van der Waals surface area (Å²) in [7, 11) is 0. The minimum Gasteiger partial charge on any atom is -0.448 e. The molecule has 1 aromatic heterocycles. The summed E-state index contributed by atoms with van der Waals surface area (Å²) in [5.41, 5.74) is 1.41. The number of rotatable bonds is 3. The van der Waals surface area contributed by atoms with E-state index in [2.05, 4.69) is 20.1 Å². The molecule has 25 heavy (non-hydrogen) atoms. The van der Waals surface area contributed by atoms with E-state index in [1.165, 1.54) is 0 Å². The second kappa shape index (κ2) is 6.31. The Morgan fingerprint density at radius 1 is 1.36 bits per heavy atom. The van der Waals surface area contributed by atoms with E-state index in [-0.39, 0.29) is 11.9 Å². The van der Waals surface area contributed by atoms with Crippen LogP contribution in [0.3, 0.4) is 0 Å². The molecule has 7 heteroatoms. The Kier molecular flexibility index (Phi) is 3.99. The van der Waals surface area contributed by atoms with E-state index >= 15 is 0 Å². The highest BCUT2D eigenvalue weighted by Crippen LogP contribution is 2.21. The number of ether oxygens (including phenoxy) is 1. The van der Waals surface area contributed by atoms with Crippen molar-refractivity contribution in [3.8, 4) is 0 Å². The quantitative estimate of drug-likeness (QED) is 0.844. The fourth-order valence-corrected chi connectivity index (χ4v) is 3.53. The zero-order valence-corrected chi connectivity index (χ0v) is 14.1. The number of cyclic esters (lactones) is 1. The highest BCUT2D eigenvalue weighted by atomic mass is 16.5. The van der Waals surface area contributed by atoms with Gasteiger partial charge >= 0.3 is 5.97 Å². The molecule has 0 bridgehead atoms. The zero-order chi connectivity index (χ0) is 17.4. The Balaban J connectivity index is 1.44. The first-order chi connectivity index (χ1) is 12.2. The minimum atomic E-state index is -0.768. The van der Waals surface area contributed by atoms with E-state index in [9.17, 15) is 9.59 Å². The summed E-state index contributed by atoms with van der Waals surface area (Å²) >= 11 is 0. The molecule has 2 aromatic rings. The molecule has 0 unspecified atom stereocenters. The standard InChI is InChI=1S/C18H20N4O3/c1-2-15-20-21-16-8-7-12(10-22(15)16)19-17(23)14-9-11-5-3-4-6-13(11)18(24)25-14/h3-6,12,14H,2,7-10H2,1H3,(H,19,23)/t12-,14+/m0/s1. The highest BCUT2D eigenvalue weighted by molar-refractivity contribution is 5.95. The summed E-state index contributed by atoms with van der Waals surface area (Å²) in [5.74, 6) is 1.25. The Hall–Kier alpha value is -2.70. The smallest absolute Gasteiger partial charge is 0.339 e. The molecule has 0 aliphatic carbocycles. The predicted molar refractivity (Wildman–Crippen MR) is 89.0 cm³/mol. The predicted octanol–water partition coefficient (Wildman–Crippen LogP) is 1.05. The molecule has 0 saturated heterocycles. The van der Waals surface area contributed by atoms with Gasteiger partial charge in [-0.05, 0) is 18.1 Å². The number of amides is 1. The molecular weight excluding hydrogens is 320 g/mol. The molecule has 0 saturated carbocycles. The van der Waals surface area contributed by atoms with E-state index in [1.54, 1.807) is 12.1 Å². The Morgan fingerprint density at radius 2 is 2.20 bits per heavy atom. The average molecular weight is 340 g/mol. The number of benzene rings is 1. The molecule has 7 nitrogen and oxygen atoms in total. The first kappa shape index (κ1) is 15.8. The topological polar surface area (TPSA) is 86.1 Å². The van der Waals surface area contributed by atoms with Crippen LogP contribution in [-0.2, 0) is 35.3 Å². The Bertz CT molecular complexity index is 816. The summed E-state index contributed by atoms with van der Waals surface area (Å²) in [6, 6.07) is 7.26. The Labute approximate surface area is 145 Å². The van der Waals surface area contributed by atoms with Gasteiger partial charge in [0.1, 0.15) is 11.6 Å². The van der Waals surface area contributed by atoms with Gasteiger partial charge in [0.05, 0.1) is 5.56 Å². The van der Waals surface area contributed by atoms with Gasteiger partial charge in [-0.3, -0.25) is 4.79 Å². The van der Waals surface area contributed by atoms with Gasteiger partial charge < -0.3 is 14.6 Å². The average Bonchev–Trinajstić information content (AvgIpc) is 3.04. The third kappa shape index (κ3) is 2.90. The molecule has 0 radical (unpaired) electrons. The van der Waals surface area contributed by atoms with E-state index in [4.69, 9.17) is 4.74 Å². The maximum atomic E-state index is 12.6. The number of fused-ring (bicyclic) bond motifs is 2. The van der Waals surface area contributed by atoms with E-state index in [0.29, 0.717) is 18.5 Å². The van der Waals surface area contributed by atoms with Crippen molar-refractivity contribution in [3.05, 3.63) is 47.0 Å². The molecule has 0 fully saturated rings. The number of aryl methyl sites for hydroxylation is 2. The van der Waals surface area contributed by atoms with Gasteiger partial charge in [0.25, 0.3) is 5.91 Å². The van der Waals surface area contributed by atoms with Crippen LogP contribution in [0.15, 0.2) is 24.3 Å². The molecule has 1 amide bonds. The fraction of sp³-hybridized carbons (Fsp3) is 0.444. The number of nitrogens with one attached hydrogen (secondary N) is 1. The van der Waals surface area contributed by atoms with Gasteiger partial charge in [-0.1, -0.05) is 25.1 Å². The van der Waals surface area contributed by atoms with Gasteiger partial charge in [0.15, 0.2) is 6.10 Å². The van der Waals surface area contributed by atoms with Crippen LogP contribution in [0.2, 0.25) is 0 Å². The van der Waals surface area contributed by atoms with Crippen LogP contribution in [0, 0.1) is 0 Å².